The Morgan fingerprint density at radius 3 is 2.26 bits per heavy atom. The van der Waals surface area contributed by atoms with Gasteiger partial charge in [-0.05, 0) is 25.4 Å². The molecule has 114 valence electrons. The molecule has 0 unspecified atom stereocenters. The van der Waals surface area contributed by atoms with E-state index in [4.69, 9.17) is 5.73 Å². The molecule has 3 N–H and O–H groups in total. The van der Waals surface area contributed by atoms with Crippen molar-refractivity contribution >= 4 is 5.91 Å². The van der Waals surface area contributed by atoms with Gasteiger partial charge in [0.25, 0.3) is 0 Å². The summed E-state index contributed by atoms with van der Waals surface area (Å²) < 4.78 is 36.2. The fourth-order valence-electron chi connectivity index (χ4n) is 1.45. The molecule has 0 aromatic carbocycles. The van der Waals surface area contributed by atoms with Crippen LogP contribution < -0.4 is 11.1 Å². The van der Waals surface area contributed by atoms with E-state index in [-0.39, 0.29) is 17.9 Å². The number of hydrogen-bond donors (Lipinski definition) is 2. The summed E-state index contributed by atoms with van der Waals surface area (Å²) in [5.74, 6) is -0.272. The molecule has 1 amide bonds. The number of nitrogens with two attached hydrogens (primary N) is 1. The Hall–Kier alpha value is -0.820. The number of alkyl halides is 3. The van der Waals surface area contributed by atoms with Gasteiger partial charge in [-0.25, -0.2) is 0 Å². The summed E-state index contributed by atoms with van der Waals surface area (Å²) >= 11 is 0. The highest BCUT2D eigenvalue weighted by atomic mass is 19.4. The van der Waals surface area contributed by atoms with E-state index in [2.05, 4.69) is 5.32 Å². The van der Waals surface area contributed by atoms with E-state index >= 15 is 0 Å². The molecule has 0 aromatic rings. The number of hydrogen-bond acceptors (Lipinski definition) is 3. The minimum atomic E-state index is -4.19. The fraction of sp³-hybridized carbons (Fsp3) is 0.917. The highest BCUT2D eigenvalue weighted by Gasteiger charge is 2.29. The number of rotatable bonds is 6. The fourth-order valence-corrected chi connectivity index (χ4v) is 1.45. The highest BCUT2D eigenvalue weighted by Crippen LogP contribution is 2.17. The Labute approximate surface area is 112 Å². The Balaban J connectivity index is 3.84. The maximum absolute atomic E-state index is 12.1. The molecule has 0 saturated carbocycles. The molecule has 0 aliphatic heterocycles. The van der Waals surface area contributed by atoms with Gasteiger partial charge in [-0.2, -0.15) is 13.2 Å². The second-order valence-electron chi connectivity index (χ2n) is 5.84. The predicted octanol–water partition coefficient (Wildman–Crippen LogP) is 1.36. The molecule has 0 aliphatic rings. The van der Waals surface area contributed by atoms with E-state index in [1.165, 1.54) is 11.9 Å². The lowest BCUT2D eigenvalue weighted by atomic mass is 9.87. The largest absolute Gasteiger partial charge is 0.401 e. The summed E-state index contributed by atoms with van der Waals surface area (Å²) in [5.41, 5.74) is 5.41. The first-order valence-electron chi connectivity index (χ1n) is 6.22. The van der Waals surface area contributed by atoms with Crippen molar-refractivity contribution in [1.82, 2.24) is 10.2 Å². The van der Waals surface area contributed by atoms with Crippen LogP contribution in [-0.2, 0) is 4.79 Å². The van der Waals surface area contributed by atoms with Crippen molar-refractivity contribution in [3.05, 3.63) is 0 Å². The molecule has 4 nitrogen and oxygen atoms in total. The zero-order valence-electron chi connectivity index (χ0n) is 12.0. The Kier molecular flexibility index (Phi) is 6.79. The maximum atomic E-state index is 12.1. The van der Waals surface area contributed by atoms with Gasteiger partial charge in [0.2, 0.25) is 5.91 Å². The lowest BCUT2D eigenvalue weighted by Gasteiger charge is -2.26. The molecule has 7 heteroatoms. The number of nitrogens with one attached hydrogen (secondary N) is 1. The first-order valence-corrected chi connectivity index (χ1v) is 6.22. The van der Waals surface area contributed by atoms with Crippen molar-refractivity contribution < 1.29 is 18.0 Å². The molecule has 0 radical (unpaired) electrons. The van der Waals surface area contributed by atoms with Crippen LogP contribution >= 0.6 is 0 Å². The Morgan fingerprint density at radius 2 is 1.84 bits per heavy atom. The molecule has 0 fully saturated rings. The van der Waals surface area contributed by atoms with Crippen LogP contribution in [0.2, 0.25) is 0 Å². The number of amides is 1. The van der Waals surface area contributed by atoms with Gasteiger partial charge in [0.05, 0.1) is 12.6 Å². The SMILES string of the molecule is CN(CCCNC(=O)[C@@H](N)C(C)(C)C)CC(F)(F)F. The second-order valence-corrected chi connectivity index (χ2v) is 5.84. The summed E-state index contributed by atoms with van der Waals surface area (Å²) in [4.78, 5) is 12.8. The van der Waals surface area contributed by atoms with Crippen molar-refractivity contribution in [3.63, 3.8) is 0 Å². The molecular weight excluding hydrogens is 259 g/mol. The summed E-state index contributed by atoms with van der Waals surface area (Å²) in [6.45, 7) is 5.22. The molecule has 0 rings (SSSR count). The number of halogens is 3. The zero-order chi connectivity index (χ0) is 15.3. The highest BCUT2D eigenvalue weighted by molar-refractivity contribution is 5.82. The second kappa shape index (κ2) is 7.09. The Bertz CT molecular complexity index is 287. The van der Waals surface area contributed by atoms with Gasteiger partial charge in [-0.1, -0.05) is 20.8 Å². The molecule has 0 spiro atoms. The van der Waals surface area contributed by atoms with Gasteiger partial charge in [0.1, 0.15) is 0 Å². The molecule has 1 atom stereocenters. The molecule has 19 heavy (non-hydrogen) atoms. The van der Waals surface area contributed by atoms with Crippen LogP contribution in [0.25, 0.3) is 0 Å². The molecule has 0 aromatic heterocycles. The minimum Gasteiger partial charge on any atom is -0.355 e. The van der Waals surface area contributed by atoms with E-state index in [0.29, 0.717) is 13.0 Å². The third kappa shape index (κ3) is 8.83. The van der Waals surface area contributed by atoms with E-state index in [1.807, 2.05) is 20.8 Å². The van der Waals surface area contributed by atoms with Crippen molar-refractivity contribution in [2.45, 2.75) is 39.4 Å². The lowest BCUT2D eigenvalue weighted by molar-refractivity contribution is -0.143. The third-order valence-electron chi connectivity index (χ3n) is 2.68. The van der Waals surface area contributed by atoms with Crippen LogP contribution in [-0.4, -0.2) is 49.7 Å². The summed E-state index contributed by atoms with van der Waals surface area (Å²) in [6, 6.07) is -0.625. The number of carbonyl (C=O) groups excluding carboxylic acids is 1. The summed E-state index contributed by atoms with van der Waals surface area (Å²) in [5, 5.41) is 2.64. The van der Waals surface area contributed by atoms with Crippen LogP contribution in [0.4, 0.5) is 13.2 Å². The van der Waals surface area contributed by atoms with Crippen molar-refractivity contribution in [2.75, 3.05) is 26.7 Å². The maximum Gasteiger partial charge on any atom is 0.401 e. The average molecular weight is 283 g/mol. The smallest absolute Gasteiger partial charge is 0.355 e. The lowest BCUT2D eigenvalue weighted by Crippen LogP contribution is -2.49. The molecule has 0 aliphatic carbocycles. The van der Waals surface area contributed by atoms with Gasteiger partial charge >= 0.3 is 6.18 Å². The van der Waals surface area contributed by atoms with Crippen molar-refractivity contribution in [2.24, 2.45) is 11.1 Å². The number of nitrogens with zero attached hydrogens (tertiary/aromatic N) is 1. The van der Waals surface area contributed by atoms with Crippen molar-refractivity contribution in [3.8, 4) is 0 Å². The quantitative estimate of drug-likeness (QED) is 0.724. The normalized spacial score (nSPS) is 14.6. The van der Waals surface area contributed by atoms with Gasteiger partial charge in [-0.3, -0.25) is 9.69 Å². The first kappa shape index (κ1) is 18.2. The van der Waals surface area contributed by atoms with Crippen LogP contribution in [0.15, 0.2) is 0 Å². The summed E-state index contributed by atoms with van der Waals surface area (Å²) in [7, 11) is 1.40. The van der Waals surface area contributed by atoms with E-state index in [1.54, 1.807) is 0 Å². The van der Waals surface area contributed by atoms with Crippen LogP contribution in [0.1, 0.15) is 27.2 Å². The van der Waals surface area contributed by atoms with Crippen LogP contribution in [0.5, 0.6) is 0 Å². The molecule has 0 heterocycles. The van der Waals surface area contributed by atoms with Gasteiger partial charge in [0.15, 0.2) is 0 Å². The number of carbonyl (C=O) groups is 1. The van der Waals surface area contributed by atoms with E-state index in [9.17, 15) is 18.0 Å². The van der Waals surface area contributed by atoms with Crippen molar-refractivity contribution in [1.29, 1.82) is 0 Å². The molecular formula is C12H24F3N3O. The average Bonchev–Trinajstić information content (AvgIpc) is 2.19. The summed E-state index contributed by atoms with van der Waals surface area (Å²) in [6.07, 6.45) is -3.73. The Morgan fingerprint density at radius 1 is 1.32 bits per heavy atom. The van der Waals surface area contributed by atoms with E-state index < -0.39 is 18.8 Å². The standard InChI is InChI=1S/C12H24F3N3O/c1-11(2,3)9(16)10(19)17-6-5-7-18(4)8-12(13,14)15/h9H,5-8,16H2,1-4H3,(H,17,19)/t9-/m1/s1. The molecule has 0 bridgehead atoms. The van der Waals surface area contributed by atoms with E-state index in [0.717, 1.165) is 0 Å². The zero-order valence-corrected chi connectivity index (χ0v) is 12.0. The van der Waals surface area contributed by atoms with Gasteiger partial charge < -0.3 is 11.1 Å². The van der Waals surface area contributed by atoms with Gasteiger partial charge in [-0.15, -0.1) is 0 Å². The minimum absolute atomic E-state index is 0.268. The van der Waals surface area contributed by atoms with Crippen LogP contribution in [0.3, 0.4) is 0 Å². The predicted molar refractivity (Wildman–Crippen MR) is 68.6 cm³/mol. The molecule has 0 saturated heterocycles. The third-order valence-corrected chi connectivity index (χ3v) is 2.68. The van der Waals surface area contributed by atoms with Gasteiger partial charge in [0, 0.05) is 6.54 Å². The topological polar surface area (TPSA) is 58.4 Å². The van der Waals surface area contributed by atoms with Crippen LogP contribution in [0, 0.1) is 5.41 Å². The first-order chi connectivity index (χ1) is 8.43. The monoisotopic (exact) mass is 283 g/mol.